The van der Waals surface area contributed by atoms with Crippen molar-refractivity contribution in [1.82, 2.24) is 16.2 Å². The van der Waals surface area contributed by atoms with Crippen LogP contribution < -0.4 is 20.9 Å². The quantitative estimate of drug-likeness (QED) is 0.447. The van der Waals surface area contributed by atoms with E-state index in [1.807, 2.05) is 42.5 Å². The van der Waals surface area contributed by atoms with Gasteiger partial charge in [0.05, 0.1) is 0 Å². The smallest absolute Gasteiger partial charge is 0.276 e. The van der Waals surface area contributed by atoms with E-state index in [4.69, 9.17) is 17.0 Å². The third kappa shape index (κ3) is 4.46. The fourth-order valence-electron chi connectivity index (χ4n) is 1.84. The summed E-state index contributed by atoms with van der Waals surface area (Å²) in [5, 5.41) is 5.18. The van der Waals surface area contributed by atoms with Crippen LogP contribution in [0.15, 0.2) is 55.1 Å². The van der Waals surface area contributed by atoms with Crippen molar-refractivity contribution in [3.05, 3.63) is 55.1 Å². The van der Waals surface area contributed by atoms with E-state index in [2.05, 4.69) is 22.7 Å². The van der Waals surface area contributed by atoms with Crippen molar-refractivity contribution >= 4 is 34.0 Å². The Bertz CT molecular complexity index is 683. The molecule has 0 saturated carbocycles. The molecule has 22 heavy (non-hydrogen) atoms. The zero-order valence-electron chi connectivity index (χ0n) is 12.0. The molecular formula is C16H17N3O2S. The Hall–Kier alpha value is -2.60. The molecule has 2 aromatic rings. The summed E-state index contributed by atoms with van der Waals surface area (Å²) in [4.78, 5) is 11.7. The summed E-state index contributed by atoms with van der Waals surface area (Å²) in [7, 11) is 0. The molecule has 0 aromatic heterocycles. The fourth-order valence-corrected chi connectivity index (χ4v) is 1.97. The monoisotopic (exact) mass is 315 g/mol. The first-order chi connectivity index (χ1) is 10.7. The summed E-state index contributed by atoms with van der Waals surface area (Å²) < 4.78 is 5.56. The topological polar surface area (TPSA) is 62.4 Å². The van der Waals surface area contributed by atoms with Crippen molar-refractivity contribution in [3.63, 3.8) is 0 Å². The van der Waals surface area contributed by atoms with Gasteiger partial charge < -0.3 is 10.1 Å². The third-order valence-corrected chi connectivity index (χ3v) is 3.08. The number of hydrazine groups is 1. The van der Waals surface area contributed by atoms with E-state index in [1.54, 1.807) is 6.08 Å². The Morgan fingerprint density at radius 1 is 1.18 bits per heavy atom. The van der Waals surface area contributed by atoms with Gasteiger partial charge in [-0.2, -0.15) is 0 Å². The number of rotatable bonds is 5. The fraction of sp³-hybridized carbons (Fsp3) is 0.125. The number of thiocarbonyl (C=S) groups is 1. The SMILES string of the molecule is C=CCNC(=S)NNC(=O)COc1cccc2ccccc12. The molecule has 0 aliphatic rings. The van der Waals surface area contributed by atoms with Gasteiger partial charge in [0, 0.05) is 11.9 Å². The predicted molar refractivity (Wildman–Crippen MR) is 91.5 cm³/mol. The molecule has 0 spiro atoms. The first-order valence-corrected chi connectivity index (χ1v) is 7.15. The summed E-state index contributed by atoms with van der Waals surface area (Å²) in [6.07, 6.45) is 1.67. The van der Waals surface area contributed by atoms with Crippen LogP contribution in [0.2, 0.25) is 0 Å². The van der Waals surface area contributed by atoms with Crippen molar-refractivity contribution in [1.29, 1.82) is 0 Å². The molecular weight excluding hydrogens is 298 g/mol. The second-order valence-corrected chi connectivity index (χ2v) is 4.85. The molecule has 2 aromatic carbocycles. The molecule has 0 aliphatic carbocycles. The second-order valence-electron chi connectivity index (χ2n) is 4.44. The van der Waals surface area contributed by atoms with E-state index >= 15 is 0 Å². The highest BCUT2D eigenvalue weighted by molar-refractivity contribution is 7.80. The van der Waals surface area contributed by atoms with E-state index in [9.17, 15) is 4.79 Å². The van der Waals surface area contributed by atoms with Crippen LogP contribution >= 0.6 is 12.2 Å². The normalized spacial score (nSPS) is 9.82. The highest BCUT2D eigenvalue weighted by Gasteiger charge is 2.05. The maximum Gasteiger partial charge on any atom is 0.276 e. The summed E-state index contributed by atoms with van der Waals surface area (Å²) >= 11 is 4.95. The number of hydrogen-bond donors (Lipinski definition) is 3. The summed E-state index contributed by atoms with van der Waals surface area (Å²) in [6, 6.07) is 13.6. The van der Waals surface area contributed by atoms with Crippen LogP contribution in [0.1, 0.15) is 0 Å². The summed E-state index contributed by atoms with van der Waals surface area (Å²) in [5.74, 6) is 0.344. The van der Waals surface area contributed by atoms with Gasteiger partial charge in [0.25, 0.3) is 5.91 Å². The molecule has 0 radical (unpaired) electrons. The molecule has 0 aliphatic heterocycles. The molecule has 5 nitrogen and oxygen atoms in total. The average molecular weight is 315 g/mol. The summed E-state index contributed by atoms with van der Waals surface area (Å²) in [5.41, 5.74) is 5.04. The van der Waals surface area contributed by atoms with E-state index in [0.717, 1.165) is 10.8 Å². The number of nitrogens with one attached hydrogen (secondary N) is 3. The van der Waals surface area contributed by atoms with Gasteiger partial charge in [0.15, 0.2) is 11.7 Å². The molecule has 2 rings (SSSR count). The molecule has 0 atom stereocenters. The Kier molecular flexibility index (Phi) is 5.73. The lowest BCUT2D eigenvalue weighted by atomic mass is 10.1. The minimum atomic E-state index is -0.323. The minimum Gasteiger partial charge on any atom is -0.483 e. The van der Waals surface area contributed by atoms with Crippen molar-refractivity contribution in [2.45, 2.75) is 0 Å². The van der Waals surface area contributed by atoms with Crippen LogP contribution in [-0.2, 0) is 4.79 Å². The van der Waals surface area contributed by atoms with E-state index in [0.29, 0.717) is 17.4 Å². The number of fused-ring (bicyclic) bond motifs is 1. The Labute approximate surface area is 134 Å². The van der Waals surface area contributed by atoms with E-state index in [1.165, 1.54) is 0 Å². The van der Waals surface area contributed by atoms with Gasteiger partial charge in [0.2, 0.25) is 0 Å². The molecule has 6 heteroatoms. The predicted octanol–water partition coefficient (Wildman–Crippen LogP) is 1.90. The number of carbonyl (C=O) groups is 1. The number of carbonyl (C=O) groups excluding carboxylic acids is 1. The molecule has 0 bridgehead atoms. The van der Waals surface area contributed by atoms with Crippen LogP contribution in [0.4, 0.5) is 0 Å². The lowest BCUT2D eigenvalue weighted by molar-refractivity contribution is -0.123. The van der Waals surface area contributed by atoms with Gasteiger partial charge in [-0.15, -0.1) is 6.58 Å². The van der Waals surface area contributed by atoms with Crippen LogP contribution in [0.5, 0.6) is 5.75 Å². The molecule has 0 heterocycles. The number of amides is 1. The highest BCUT2D eigenvalue weighted by atomic mass is 32.1. The third-order valence-electron chi connectivity index (χ3n) is 2.83. The number of ether oxygens (including phenoxy) is 1. The van der Waals surface area contributed by atoms with E-state index in [-0.39, 0.29) is 12.5 Å². The van der Waals surface area contributed by atoms with E-state index < -0.39 is 0 Å². The van der Waals surface area contributed by atoms with Crippen molar-refractivity contribution in [2.75, 3.05) is 13.2 Å². The van der Waals surface area contributed by atoms with Gasteiger partial charge >= 0.3 is 0 Å². The first-order valence-electron chi connectivity index (χ1n) is 6.75. The molecule has 0 saturated heterocycles. The van der Waals surface area contributed by atoms with Gasteiger partial charge in [-0.1, -0.05) is 42.5 Å². The van der Waals surface area contributed by atoms with Gasteiger partial charge in [0.1, 0.15) is 5.75 Å². The maximum atomic E-state index is 11.7. The molecule has 3 N–H and O–H groups in total. The zero-order valence-corrected chi connectivity index (χ0v) is 12.8. The maximum absolute atomic E-state index is 11.7. The first kappa shape index (κ1) is 15.8. The zero-order chi connectivity index (χ0) is 15.8. The van der Waals surface area contributed by atoms with Crippen LogP contribution in [-0.4, -0.2) is 24.2 Å². The Morgan fingerprint density at radius 2 is 1.95 bits per heavy atom. The minimum absolute atomic E-state index is 0.106. The largest absolute Gasteiger partial charge is 0.483 e. The number of hydrogen-bond acceptors (Lipinski definition) is 3. The lowest BCUT2D eigenvalue weighted by Gasteiger charge is -2.12. The molecule has 1 amide bonds. The second kappa shape index (κ2) is 7.99. The Balaban J connectivity index is 1.85. The number of benzene rings is 2. The van der Waals surface area contributed by atoms with Crippen LogP contribution in [0.25, 0.3) is 10.8 Å². The molecule has 0 unspecified atom stereocenters. The lowest BCUT2D eigenvalue weighted by Crippen LogP contribution is -2.48. The molecule has 0 fully saturated rings. The average Bonchev–Trinajstić information content (AvgIpc) is 2.56. The van der Waals surface area contributed by atoms with Crippen molar-refractivity contribution in [3.8, 4) is 5.75 Å². The van der Waals surface area contributed by atoms with Crippen molar-refractivity contribution < 1.29 is 9.53 Å². The van der Waals surface area contributed by atoms with Gasteiger partial charge in [-0.3, -0.25) is 15.6 Å². The van der Waals surface area contributed by atoms with Gasteiger partial charge in [-0.05, 0) is 23.7 Å². The summed E-state index contributed by atoms with van der Waals surface area (Å²) in [6.45, 7) is 3.97. The van der Waals surface area contributed by atoms with Crippen LogP contribution in [0, 0.1) is 0 Å². The van der Waals surface area contributed by atoms with Crippen LogP contribution in [0.3, 0.4) is 0 Å². The highest BCUT2D eigenvalue weighted by Crippen LogP contribution is 2.24. The Morgan fingerprint density at radius 3 is 2.77 bits per heavy atom. The molecule has 114 valence electrons. The standard InChI is InChI=1S/C16H17N3O2S/c1-2-10-17-16(22)19-18-15(20)11-21-14-9-5-7-12-6-3-4-8-13(12)14/h2-9H,1,10-11H2,(H,18,20)(H2,17,19,22). The van der Waals surface area contributed by atoms with Crippen molar-refractivity contribution in [2.24, 2.45) is 0 Å². The van der Waals surface area contributed by atoms with Gasteiger partial charge in [-0.25, -0.2) is 0 Å².